The number of rotatable bonds is 1. The average Bonchev–Trinajstić information content (AvgIpc) is 2.67. The van der Waals surface area contributed by atoms with Crippen LogP contribution in [-0.4, -0.2) is 59.4 Å². The lowest BCUT2D eigenvalue weighted by atomic mass is 10.0. The third-order valence-corrected chi connectivity index (χ3v) is 3.64. The van der Waals surface area contributed by atoms with Gasteiger partial charge in [0.25, 0.3) is 0 Å². The van der Waals surface area contributed by atoms with Gasteiger partial charge in [-0.15, -0.1) is 0 Å². The first-order chi connectivity index (χ1) is 9.28. The number of carbonyl (C=O) groups excluding carboxylic acids is 2. The van der Waals surface area contributed by atoms with Gasteiger partial charge in [0.2, 0.25) is 0 Å². The van der Waals surface area contributed by atoms with E-state index in [1.54, 1.807) is 4.90 Å². The smallest absolute Gasteiger partial charge is 0.410 e. The van der Waals surface area contributed by atoms with E-state index in [4.69, 9.17) is 9.47 Å². The molecular weight excluding hydrogens is 260 g/mol. The van der Waals surface area contributed by atoms with Gasteiger partial charge >= 0.3 is 12.2 Å². The Kier molecular flexibility index (Phi) is 4.11. The van der Waals surface area contributed by atoms with E-state index in [2.05, 4.69) is 0 Å². The Morgan fingerprint density at radius 2 is 1.90 bits per heavy atom. The third-order valence-electron chi connectivity index (χ3n) is 3.64. The maximum absolute atomic E-state index is 12.0. The van der Waals surface area contributed by atoms with Gasteiger partial charge in [0.15, 0.2) is 0 Å². The van der Waals surface area contributed by atoms with Crippen molar-refractivity contribution < 1.29 is 19.1 Å². The first-order valence-electron chi connectivity index (χ1n) is 7.21. The van der Waals surface area contributed by atoms with E-state index in [9.17, 15) is 9.59 Å². The van der Waals surface area contributed by atoms with Gasteiger partial charge in [0.1, 0.15) is 12.2 Å². The fourth-order valence-electron chi connectivity index (χ4n) is 2.69. The van der Waals surface area contributed by atoms with Gasteiger partial charge in [-0.2, -0.15) is 0 Å². The van der Waals surface area contributed by atoms with E-state index in [1.165, 1.54) is 0 Å². The summed E-state index contributed by atoms with van der Waals surface area (Å²) in [7, 11) is 0. The second-order valence-corrected chi connectivity index (χ2v) is 6.53. The molecule has 2 fully saturated rings. The number of hydrogen-bond acceptors (Lipinski definition) is 4. The predicted molar refractivity (Wildman–Crippen MR) is 73.5 cm³/mol. The number of amides is 2. The van der Waals surface area contributed by atoms with Gasteiger partial charge in [-0.3, -0.25) is 4.90 Å². The van der Waals surface area contributed by atoms with Crippen LogP contribution in [0.3, 0.4) is 0 Å². The van der Waals surface area contributed by atoms with Gasteiger partial charge < -0.3 is 14.4 Å². The molecule has 2 heterocycles. The molecule has 0 bridgehead atoms. The molecule has 0 aromatic heterocycles. The van der Waals surface area contributed by atoms with E-state index < -0.39 is 5.60 Å². The summed E-state index contributed by atoms with van der Waals surface area (Å²) in [5, 5.41) is 0. The van der Waals surface area contributed by atoms with E-state index in [-0.39, 0.29) is 24.3 Å². The maximum Gasteiger partial charge on any atom is 0.410 e. The molecule has 114 valence electrons. The largest absolute Gasteiger partial charge is 0.447 e. The highest BCUT2D eigenvalue weighted by Crippen LogP contribution is 2.24. The van der Waals surface area contributed by atoms with Crippen LogP contribution in [0.4, 0.5) is 9.59 Å². The minimum atomic E-state index is -0.471. The van der Waals surface area contributed by atoms with E-state index in [0.29, 0.717) is 19.7 Å². The van der Waals surface area contributed by atoms with Crippen molar-refractivity contribution in [1.29, 1.82) is 0 Å². The van der Waals surface area contributed by atoms with Crippen molar-refractivity contribution in [3.05, 3.63) is 0 Å². The number of carbonyl (C=O) groups is 2. The summed E-state index contributed by atoms with van der Waals surface area (Å²) in [5.41, 5.74) is -0.471. The molecule has 1 atom stereocenters. The van der Waals surface area contributed by atoms with Crippen LogP contribution in [0.1, 0.15) is 40.5 Å². The molecule has 2 saturated heterocycles. The van der Waals surface area contributed by atoms with Gasteiger partial charge in [-0.1, -0.05) is 0 Å². The van der Waals surface area contributed by atoms with Crippen molar-refractivity contribution in [2.24, 2.45) is 0 Å². The molecule has 2 aliphatic heterocycles. The zero-order chi connectivity index (χ0) is 14.9. The van der Waals surface area contributed by atoms with Crippen LogP contribution < -0.4 is 0 Å². The van der Waals surface area contributed by atoms with Crippen LogP contribution in [0.5, 0.6) is 0 Å². The topological polar surface area (TPSA) is 59.1 Å². The van der Waals surface area contributed by atoms with Crippen LogP contribution in [0.2, 0.25) is 0 Å². The fourth-order valence-corrected chi connectivity index (χ4v) is 2.69. The van der Waals surface area contributed by atoms with E-state index >= 15 is 0 Å². The molecule has 0 saturated carbocycles. The number of likely N-dealkylation sites (tertiary alicyclic amines) is 1. The quantitative estimate of drug-likeness (QED) is 0.741. The summed E-state index contributed by atoms with van der Waals surface area (Å²) in [6.45, 7) is 9.28. The molecule has 0 radical (unpaired) electrons. The second-order valence-electron chi connectivity index (χ2n) is 6.53. The molecule has 0 aliphatic carbocycles. The van der Waals surface area contributed by atoms with Gasteiger partial charge in [-0.25, -0.2) is 9.59 Å². The lowest BCUT2D eigenvalue weighted by Gasteiger charge is -2.37. The Labute approximate surface area is 120 Å². The van der Waals surface area contributed by atoms with Crippen LogP contribution in [0, 0.1) is 0 Å². The molecule has 0 spiro atoms. The molecule has 2 rings (SSSR count). The molecule has 0 aromatic carbocycles. The van der Waals surface area contributed by atoms with Crippen LogP contribution >= 0.6 is 0 Å². The van der Waals surface area contributed by atoms with Gasteiger partial charge in [0.05, 0.1) is 6.04 Å². The fraction of sp³-hybridized carbons (Fsp3) is 0.857. The molecule has 6 heteroatoms. The lowest BCUT2D eigenvalue weighted by Crippen LogP contribution is -2.50. The van der Waals surface area contributed by atoms with Crippen molar-refractivity contribution in [3.8, 4) is 0 Å². The third kappa shape index (κ3) is 3.35. The SMILES string of the molecule is CC1COC(=O)N1C1CCN(C(=O)OC(C)(C)C)CC1. The molecule has 2 amide bonds. The number of piperidine rings is 1. The summed E-state index contributed by atoms with van der Waals surface area (Å²) >= 11 is 0. The minimum absolute atomic E-state index is 0.126. The summed E-state index contributed by atoms with van der Waals surface area (Å²) in [6.07, 6.45) is 1.05. The molecule has 20 heavy (non-hydrogen) atoms. The summed E-state index contributed by atoms with van der Waals surface area (Å²) in [5.74, 6) is 0. The summed E-state index contributed by atoms with van der Waals surface area (Å²) < 4.78 is 10.4. The summed E-state index contributed by atoms with van der Waals surface area (Å²) in [6, 6.07) is 0.291. The van der Waals surface area contributed by atoms with E-state index in [0.717, 1.165) is 12.8 Å². The van der Waals surface area contributed by atoms with Gasteiger partial charge in [0, 0.05) is 19.1 Å². The van der Waals surface area contributed by atoms with Crippen molar-refractivity contribution >= 4 is 12.2 Å². The molecule has 2 aliphatic rings. The second kappa shape index (κ2) is 5.50. The highest BCUT2D eigenvalue weighted by Gasteiger charge is 2.38. The zero-order valence-electron chi connectivity index (χ0n) is 12.7. The molecule has 1 unspecified atom stereocenters. The van der Waals surface area contributed by atoms with Crippen molar-refractivity contribution in [1.82, 2.24) is 9.80 Å². The Morgan fingerprint density at radius 1 is 1.30 bits per heavy atom. The van der Waals surface area contributed by atoms with Crippen molar-refractivity contribution in [2.75, 3.05) is 19.7 Å². The first kappa shape index (κ1) is 14.9. The number of hydrogen-bond donors (Lipinski definition) is 0. The Balaban J connectivity index is 1.86. The summed E-state index contributed by atoms with van der Waals surface area (Å²) in [4.78, 5) is 27.2. The van der Waals surface area contributed by atoms with Crippen molar-refractivity contribution in [2.45, 2.75) is 58.2 Å². The molecule has 0 N–H and O–H groups in total. The molecule has 6 nitrogen and oxygen atoms in total. The zero-order valence-corrected chi connectivity index (χ0v) is 12.7. The number of nitrogens with zero attached hydrogens (tertiary/aromatic N) is 2. The van der Waals surface area contributed by atoms with E-state index in [1.807, 2.05) is 32.6 Å². The Hall–Kier alpha value is -1.46. The highest BCUT2D eigenvalue weighted by atomic mass is 16.6. The predicted octanol–water partition coefficient (Wildman–Crippen LogP) is 2.23. The Bertz CT molecular complexity index is 383. The standard InChI is InChI=1S/C14H24N2O4/c1-10-9-19-13(18)16(10)11-5-7-15(8-6-11)12(17)20-14(2,3)4/h10-11H,5-9H2,1-4H3. The highest BCUT2D eigenvalue weighted by molar-refractivity contribution is 5.71. The number of ether oxygens (including phenoxy) is 2. The average molecular weight is 284 g/mol. The normalized spacial score (nSPS) is 24.8. The van der Waals surface area contributed by atoms with Gasteiger partial charge in [-0.05, 0) is 40.5 Å². The van der Waals surface area contributed by atoms with Crippen LogP contribution in [-0.2, 0) is 9.47 Å². The molecular formula is C14H24N2O4. The first-order valence-corrected chi connectivity index (χ1v) is 7.21. The Morgan fingerprint density at radius 3 is 2.35 bits per heavy atom. The lowest BCUT2D eigenvalue weighted by molar-refractivity contribution is 0.0159. The minimum Gasteiger partial charge on any atom is -0.447 e. The maximum atomic E-state index is 12.0. The van der Waals surface area contributed by atoms with Crippen LogP contribution in [0.15, 0.2) is 0 Å². The van der Waals surface area contributed by atoms with Crippen LogP contribution in [0.25, 0.3) is 0 Å². The number of cyclic esters (lactones) is 1. The van der Waals surface area contributed by atoms with Crippen molar-refractivity contribution in [3.63, 3.8) is 0 Å². The molecule has 0 aromatic rings. The monoisotopic (exact) mass is 284 g/mol.